The summed E-state index contributed by atoms with van der Waals surface area (Å²) in [5.74, 6) is 0.736. The molecule has 0 radical (unpaired) electrons. The Bertz CT molecular complexity index is 337. The molecule has 88 valence electrons. The number of pyridine rings is 1. The molecule has 1 saturated heterocycles. The summed E-state index contributed by atoms with van der Waals surface area (Å²) in [5, 5.41) is 3.38. The number of hydrogen-bond acceptors (Lipinski definition) is 4. The molecule has 0 bridgehead atoms. The summed E-state index contributed by atoms with van der Waals surface area (Å²) in [6.45, 7) is 3.10. The van der Waals surface area contributed by atoms with E-state index in [-0.39, 0.29) is 0 Å². The van der Waals surface area contributed by atoms with Crippen LogP contribution in [0, 0.1) is 0 Å². The number of likely N-dealkylation sites (N-methyl/N-ethyl adjacent to an activating group) is 1. The van der Waals surface area contributed by atoms with Gasteiger partial charge in [0.15, 0.2) is 0 Å². The second-order valence-electron chi connectivity index (χ2n) is 4.23. The van der Waals surface area contributed by atoms with E-state index in [0.717, 1.165) is 31.1 Å². The summed E-state index contributed by atoms with van der Waals surface area (Å²) in [6.07, 6.45) is 2.98. The fourth-order valence-electron chi connectivity index (χ4n) is 2.14. The Morgan fingerprint density at radius 1 is 1.62 bits per heavy atom. The fraction of sp³-hybridized carbons (Fsp3) is 0.583. The average Bonchev–Trinajstić information content (AvgIpc) is 2.83. The monoisotopic (exact) mass is 221 g/mol. The van der Waals surface area contributed by atoms with Crippen LogP contribution in [0.1, 0.15) is 12.0 Å². The molecule has 1 aliphatic heterocycles. The van der Waals surface area contributed by atoms with Crippen molar-refractivity contribution in [2.45, 2.75) is 19.0 Å². The quantitative estimate of drug-likeness (QED) is 0.819. The minimum absolute atomic E-state index is 0.630. The fourth-order valence-corrected chi connectivity index (χ4v) is 2.14. The predicted octanol–water partition coefficient (Wildman–Crippen LogP) is 0.884. The number of hydrogen-bond donors (Lipinski definition) is 1. The van der Waals surface area contributed by atoms with Gasteiger partial charge in [0.1, 0.15) is 0 Å². The largest absolute Gasteiger partial charge is 0.481 e. The minimum Gasteiger partial charge on any atom is -0.481 e. The molecule has 0 saturated carbocycles. The van der Waals surface area contributed by atoms with Gasteiger partial charge in [0, 0.05) is 30.9 Å². The highest BCUT2D eigenvalue weighted by molar-refractivity contribution is 5.25. The van der Waals surface area contributed by atoms with Crippen molar-refractivity contribution in [1.29, 1.82) is 0 Å². The molecule has 1 N–H and O–H groups in total. The van der Waals surface area contributed by atoms with Crippen LogP contribution < -0.4 is 10.1 Å². The smallest absolute Gasteiger partial charge is 0.217 e. The Labute approximate surface area is 96.6 Å². The maximum atomic E-state index is 5.26. The van der Waals surface area contributed by atoms with Crippen molar-refractivity contribution in [2.75, 3.05) is 27.2 Å². The second kappa shape index (κ2) is 5.27. The van der Waals surface area contributed by atoms with Gasteiger partial charge in [0.25, 0.3) is 0 Å². The Morgan fingerprint density at radius 3 is 3.19 bits per heavy atom. The van der Waals surface area contributed by atoms with Gasteiger partial charge in [-0.1, -0.05) is 6.07 Å². The van der Waals surface area contributed by atoms with Gasteiger partial charge in [-0.3, -0.25) is 4.90 Å². The maximum absolute atomic E-state index is 5.26. The van der Waals surface area contributed by atoms with E-state index >= 15 is 0 Å². The highest BCUT2D eigenvalue weighted by atomic mass is 16.5. The topological polar surface area (TPSA) is 37.4 Å². The van der Waals surface area contributed by atoms with Crippen LogP contribution in [0.4, 0.5) is 0 Å². The van der Waals surface area contributed by atoms with E-state index in [0.29, 0.717) is 6.04 Å². The summed E-state index contributed by atoms with van der Waals surface area (Å²) in [6, 6.07) is 4.66. The van der Waals surface area contributed by atoms with Crippen LogP contribution in [0.3, 0.4) is 0 Å². The van der Waals surface area contributed by atoms with Gasteiger partial charge in [-0.15, -0.1) is 0 Å². The molecule has 0 spiro atoms. The molecule has 2 rings (SSSR count). The van der Waals surface area contributed by atoms with Gasteiger partial charge in [-0.2, -0.15) is 0 Å². The molecule has 16 heavy (non-hydrogen) atoms. The van der Waals surface area contributed by atoms with Crippen LogP contribution in [0.15, 0.2) is 18.3 Å². The zero-order valence-corrected chi connectivity index (χ0v) is 9.94. The van der Waals surface area contributed by atoms with E-state index < -0.39 is 0 Å². The number of nitrogens with one attached hydrogen (secondary N) is 1. The van der Waals surface area contributed by atoms with Gasteiger partial charge < -0.3 is 10.1 Å². The number of methoxy groups -OCH3 is 1. The lowest BCUT2D eigenvalue weighted by molar-refractivity contribution is 0.244. The highest BCUT2D eigenvalue weighted by Crippen LogP contribution is 2.17. The third kappa shape index (κ3) is 2.51. The lowest BCUT2D eigenvalue weighted by Crippen LogP contribution is -2.33. The first-order valence-corrected chi connectivity index (χ1v) is 5.70. The molecule has 1 unspecified atom stereocenters. The molecule has 1 aromatic heterocycles. The molecule has 0 amide bonds. The molecule has 0 aliphatic carbocycles. The van der Waals surface area contributed by atoms with Crippen LogP contribution in [-0.4, -0.2) is 43.2 Å². The normalized spacial score (nSPS) is 20.3. The Hall–Kier alpha value is -1.13. The molecule has 2 heterocycles. The lowest BCUT2D eigenvalue weighted by atomic mass is 10.2. The standard InChI is InChI=1S/C12H19N3O/c1-15(11-5-7-13-8-11)9-10-4-3-6-14-12(10)16-2/h3-4,6,11,13H,5,7-9H2,1-2H3. The number of rotatable bonds is 4. The summed E-state index contributed by atoms with van der Waals surface area (Å²) in [7, 11) is 3.83. The van der Waals surface area contributed by atoms with Crippen molar-refractivity contribution >= 4 is 0 Å². The average molecular weight is 221 g/mol. The molecule has 1 aliphatic rings. The van der Waals surface area contributed by atoms with Gasteiger partial charge >= 0.3 is 0 Å². The van der Waals surface area contributed by atoms with Crippen molar-refractivity contribution in [3.05, 3.63) is 23.9 Å². The van der Waals surface area contributed by atoms with Gasteiger partial charge in [0.2, 0.25) is 5.88 Å². The summed E-state index contributed by atoms with van der Waals surface area (Å²) in [4.78, 5) is 6.57. The van der Waals surface area contributed by atoms with Crippen LogP contribution in [0.2, 0.25) is 0 Å². The summed E-state index contributed by atoms with van der Waals surface area (Å²) in [5.41, 5.74) is 1.15. The van der Waals surface area contributed by atoms with Crippen LogP contribution >= 0.6 is 0 Å². The van der Waals surface area contributed by atoms with Gasteiger partial charge in [0.05, 0.1) is 7.11 Å². The number of nitrogens with zero attached hydrogens (tertiary/aromatic N) is 2. The van der Waals surface area contributed by atoms with E-state index in [9.17, 15) is 0 Å². The molecule has 1 aromatic rings. The maximum Gasteiger partial charge on any atom is 0.217 e. The molecule has 4 heteroatoms. The first kappa shape index (κ1) is 11.4. The Morgan fingerprint density at radius 2 is 2.50 bits per heavy atom. The number of aromatic nitrogens is 1. The molecular formula is C12H19N3O. The third-order valence-corrected chi connectivity index (χ3v) is 3.12. The molecule has 4 nitrogen and oxygen atoms in total. The van der Waals surface area contributed by atoms with Crippen molar-refractivity contribution in [3.63, 3.8) is 0 Å². The van der Waals surface area contributed by atoms with Crippen LogP contribution in [0.5, 0.6) is 5.88 Å². The van der Waals surface area contributed by atoms with Gasteiger partial charge in [-0.05, 0) is 26.1 Å². The first-order chi connectivity index (χ1) is 7.81. The van der Waals surface area contributed by atoms with Crippen molar-refractivity contribution in [2.24, 2.45) is 0 Å². The van der Waals surface area contributed by atoms with Crippen molar-refractivity contribution in [1.82, 2.24) is 15.2 Å². The van der Waals surface area contributed by atoms with Crippen LogP contribution in [0.25, 0.3) is 0 Å². The van der Waals surface area contributed by atoms with Crippen molar-refractivity contribution < 1.29 is 4.74 Å². The second-order valence-corrected chi connectivity index (χ2v) is 4.23. The van der Waals surface area contributed by atoms with Crippen LogP contribution in [-0.2, 0) is 6.54 Å². The lowest BCUT2D eigenvalue weighted by Gasteiger charge is -2.23. The predicted molar refractivity (Wildman–Crippen MR) is 63.5 cm³/mol. The minimum atomic E-state index is 0.630. The summed E-state index contributed by atoms with van der Waals surface area (Å²) < 4.78 is 5.26. The van der Waals surface area contributed by atoms with E-state index in [1.165, 1.54) is 6.42 Å². The summed E-state index contributed by atoms with van der Waals surface area (Å²) >= 11 is 0. The SMILES string of the molecule is COc1ncccc1CN(C)C1CCNC1. The molecule has 1 atom stereocenters. The van der Waals surface area contributed by atoms with Gasteiger partial charge in [-0.25, -0.2) is 4.98 Å². The zero-order chi connectivity index (χ0) is 11.4. The third-order valence-electron chi connectivity index (χ3n) is 3.12. The van der Waals surface area contributed by atoms with E-state index in [4.69, 9.17) is 4.74 Å². The number of ether oxygens (including phenoxy) is 1. The first-order valence-electron chi connectivity index (χ1n) is 5.70. The van der Waals surface area contributed by atoms with E-state index in [1.807, 2.05) is 6.07 Å². The van der Waals surface area contributed by atoms with E-state index in [2.05, 4.69) is 28.3 Å². The van der Waals surface area contributed by atoms with E-state index in [1.54, 1.807) is 13.3 Å². The Balaban J connectivity index is 2.01. The molecule has 0 aromatic carbocycles. The zero-order valence-electron chi connectivity index (χ0n) is 9.94. The molecular weight excluding hydrogens is 202 g/mol. The Kier molecular flexibility index (Phi) is 3.74. The molecule has 1 fully saturated rings. The van der Waals surface area contributed by atoms with Crippen molar-refractivity contribution in [3.8, 4) is 5.88 Å². The highest BCUT2D eigenvalue weighted by Gasteiger charge is 2.20.